The molecule has 2 rings (SSSR count). The van der Waals surface area contributed by atoms with Gasteiger partial charge >= 0.3 is 0 Å². The predicted molar refractivity (Wildman–Crippen MR) is 107 cm³/mol. The summed E-state index contributed by atoms with van der Waals surface area (Å²) >= 11 is 1.90. The van der Waals surface area contributed by atoms with Gasteiger partial charge in [0.1, 0.15) is 5.76 Å². The second kappa shape index (κ2) is 8.20. The van der Waals surface area contributed by atoms with E-state index in [4.69, 9.17) is 4.42 Å². The number of carbonyl (C=O) groups excluding carboxylic acids is 1. The molecule has 1 fully saturated rings. The molecule has 4 heteroatoms. The van der Waals surface area contributed by atoms with Gasteiger partial charge in [0.05, 0.1) is 6.26 Å². The lowest BCUT2D eigenvalue weighted by atomic mass is 9.76. The minimum absolute atomic E-state index is 0.108. The highest BCUT2D eigenvalue weighted by Gasteiger charge is 2.35. The molecule has 1 heterocycles. The SMILES string of the molecule is Cc1occc1C(C)(C)CC1CCC(C(=O)NCCSC(C)(C)C)C1. The van der Waals surface area contributed by atoms with E-state index in [2.05, 4.69) is 46.0 Å². The van der Waals surface area contributed by atoms with Gasteiger partial charge in [0.25, 0.3) is 0 Å². The Morgan fingerprint density at radius 3 is 2.60 bits per heavy atom. The molecule has 1 aromatic heterocycles. The van der Waals surface area contributed by atoms with E-state index in [1.807, 2.05) is 18.7 Å². The number of rotatable bonds is 7. The molecule has 2 atom stereocenters. The molecular formula is C21H35NO2S. The summed E-state index contributed by atoms with van der Waals surface area (Å²) in [4.78, 5) is 12.4. The zero-order chi connectivity index (χ0) is 18.7. The molecule has 0 spiro atoms. The Bertz CT molecular complexity index is 571. The number of nitrogens with one attached hydrogen (secondary N) is 1. The van der Waals surface area contributed by atoms with Gasteiger partial charge in [-0.25, -0.2) is 0 Å². The zero-order valence-corrected chi connectivity index (χ0v) is 17.6. The van der Waals surface area contributed by atoms with Crippen LogP contribution in [-0.4, -0.2) is 23.0 Å². The molecule has 0 radical (unpaired) electrons. The number of amides is 1. The summed E-state index contributed by atoms with van der Waals surface area (Å²) < 4.78 is 5.75. The highest BCUT2D eigenvalue weighted by atomic mass is 32.2. The molecular weight excluding hydrogens is 330 g/mol. The largest absolute Gasteiger partial charge is 0.469 e. The molecule has 1 aromatic rings. The fourth-order valence-corrected chi connectivity index (χ4v) is 4.91. The van der Waals surface area contributed by atoms with Crippen LogP contribution in [0.1, 0.15) is 71.6 Å². The second-order valence-electron chi connectivity index (χ2n) is 9.11. The molecule has 1 amide bonds. The first-order valence-corrected chi connectivity index (χ1v) is 10.5. The van der Waals surface area contributed by atoms with Crippen LogP contribution in [0.2, 0.25) is 0 Å². The first-order valence-electron chi connectivity index (χ1n) is 9.55. The molecule has 0 bridgehead atoms. The van der Waals surface area contributed by atoms with E-state index in [0.717, 1.165) is 43.7 Å². The topological polar surface area (TPSA) is 42.2 Å². The summed E-state index contributed by atoms with van der Waals surface area (Å²) in [6.07, 6.45) is 6.13. The molecule has 1 saturated carbocycles. The van der Waals surface area contributed by atoms with Crippen molar-refractivity contribution in [1.82, 2.24) is 5.32 Å². The first-order chi connectivity index (χ1) is 11.6. The van der Waals surface area contributed by atoms with E-state index < -0.39 is 0 Å². The van der Waals surface area contributed by atoms with Crippen molar-refractivity contribution in [3.8, 4) is 0 Å². The lowest BCUT2D eigenvalue weighted by molar-refractivity contribution is -0.124. The minimum atomic E-state index is 0.108. The number of thioether (sulfide) groups is 1. The summed E-state index contributed by atoms with van der Waals surface area (Å²) in [7, 11) is 0. The van der Waals surface area contributed by atoms with E-state index in [0.29, 0.717) is 5.92 Å². The molecule has 2 unspecified atom stereocenters. The van der Waals surface area contributed by atoms with Crippen molar-refractivity contribution in [1.29, 1.82) is 0 Å². The fraction of sp³-hybridized carbons (Fsp3) is 0.762. The third-order valence-corrected chi connectivity index (χ3v) is 6.51. The Morgan fingerprint density at radius 2 is 2.00 bits per heavy atom. The monoisotopic (exact) mass is 365 g/mol. The highest BCUT2D eigenvalue weighted by Crippen LogP contribution is 2.41. The molecule has 1 N–H and O–H groups in total. The molecule has 1 aliphatic carbocycles. The van der Waals surface area contributed by atoms with Crippen LogP contribution in [0.15, 0.2) is 16.7 Å². The highest BCUT2D eigenvalue weighted by molar-refractivity contribution is 8.00. The Morgan fingerprint density at radius 1 is 1.28 bits per heavy atom. The summed E-state index contributed by atoms with van der Waals surface area (Å²) in [6.45, 7) is 14.0. The summed E-state index contributed by atoms with van der Waals surface area (Å²) in [5, 5.41) is 3.14. The Labute approximate surface area is 157 Å². The average molecular weight is 366 g/mol. The van der Waals surface area contributed by atoms with Crippen LogP contribution in [0.3, 0.4) is 0 Å². The third kappa shape index (κ3) is 6.09. The number of aryl methyl sites for hydroxylation is 1. The standard InChI is InChI=1S/C21H35NO2S/c1-15-18(9-11-24-15)21(5,6)14-16-7-8-17(13-16)19(23)22-10-12-25-20(2,3)4/h9,11,16-17H,7-8,10,12-14H2,1-6H3,(H,22,23). The summed E-state index contributed by atoms with van der Waals surface area (Å²) in [5.74, 6) is 3.09. The van der Waals surface area contributed by atoms with E-state index in [9.17, 15) is 4.79 Å². The van der Waals surface area contributed by atoms with Gasteiger partial charge in [-0.2, -0.15) is 11.8 Å². The van der Waals surface area contributed by atoms with E-state index in [1.165, 1.54) is 5.56 Å². The predicted octanol–water partition coefficient (Wildman–Crippen LogP) is 5.32. The summed E-state index contributed by atoms with van der Waals surface area (Å²) in [6, 6.07) is 2.10. The van der Waals surface area contributed by atoms with Gasteiger partial charge in [-0.05, 0) is 55.6 Å². The van der Waals surface area contributed by atoms with Crippen LogP contribution in [0, 0.1) is 18.8 Å². The van der Waals surface area contributed by atoms with Gasteiger partial charge in [0.15, 0.2) is 0 Å². The van der Waals surface area contributed by atoms with Crippen molar-refractivity contribution in [2.45, 2.75) is 77.4 Å². The molecule has 0 aliphatic heterocycles. The van der Waals surface area contributed by atoms with Crippen molar-refractivity contribution in [2.75, 3.05) is 12.3 Å². The maximum absolute atomic E-state index is 12.4. The van der Waals surface area contributed by atoms with Crippen molar-refractivity contribution < 1.29 is 9.21 Å². The number of carbonyl (C=O) groups is 1. The Hall–Kier alpha value is -0.900. The third-order valence-electron chi connectivity index (χ3n) is 5.24. The van der Waals surface area contributed by atoms with Crippen molar-refractivity contribution in [3.05, 3.63) is 23.7 Å². The normalized spacial score (nSPS) is 21.5. The van der Waals surface area contributed by atoms with Crippen LogP contribution in [0.25, 0.3) is 0 Å². The summed E-state index contributed by atoms with van der Waals surface area (Å²) in [5.41, 5.74) is 1.41. The van der Waals surface area contributed by atoms with Crippen molar-refractivity contribution in [3.63, 3.8) is 0 Å². The lowest BCUT2D eigenvalue weighted by Gasteiger charge is -2.28. The van der Waals surface area contributed by atoms with Crippen molar-refractivity contribution >= 4 is 17.7 Å². The van der Waals surface area contributed by atoms with Gasteiger partial charge in [-0.3, -0.25) is 4.79 Å². The number of furan rings is 1. The number of hydrogen-bond acceptors (Lipinski definition) is 3. The molecule has 25 heavy (non-hydrogen) atoms. The van der Waals surface area contributed by atoms with Gasteiger partial charge in [-0.15, -0.1) is 0 Å². The van der Waals surface area contributed by atoms with Crippen LogP contribution < -0.4 is 5.32 Å². The van der Waals surface area contributed by atoms with E-state index >= 15 is 0 Å². The fourth-order valence-electron chi connectivity index (χ4n) is 4.09. The smallest absolute Gasteiger partial charge is 0.223 e. The molecule has 0 saturated heterocycles. The van der Waals surface area contributed by atoms with Crippen LogP contribution in [0.5, 0.6) is 0 Å². The lowest BCUT2D eigenvalue weighted by Crippen LogP contribution is -2.32. The Kier molecular flexibility index (Phi) is 6.69. The van der Waals surface area contributed by atoms with Gasteiger partial charge in [0, 0.05) is 23.0 Å². The zero-order valence-electron chi connectivity index (χ0n) is 16.8. The number of hydrogen-bond donors (Lipinski definition) is 1. The molecule has 0 aromatic carbocycles. The quantitative estimate of drug-likeness (QED) is 0.665. The van der Waals surface area contributed by atoms with Crippen molar-refractivity contribution in [2.24, 2.45) is 11.8 Å². The first kappa shape index (κ1) is 20.4. The van der Waals surface area contributed by atoms with E-state index in [-0.39, 0.29) is 22.0 Å². The van der Waals surface area contributed by atoms with Gasteiger partial charge in [-0.1, -0.05) is 34.6 Å². The van der Waals surface area contributed by atoms with Crippen LogP contribution in [-0.2, 0) is 10.2 Å². The van der Waals surface area contributed by atoms with Crippen LogP contribution >= 0.6 is 11.8 Å². The molecule has 142 valence electrons. The van der Waals surface area contributed by atoms with Gasteiger partial charge < -0.3 is 9.73 Å². The minimum Gasteiger partial charge on any atom is -0.469 e. The van der Waals surface area contributed by atoms with E-state index in [1.54, 1.807) is 6.26 Å². The molecule has 1 aliphatic rings. The average Bonchev–Trinajstić information content (AvgIpc) is 3.11. The maximum Gasteiger partial charge on any atom is 0.223 e. The van der Waals surface area contributed by atoms with Gasteiger partial charge in [0.2, 0.25) is 5.91 Å². The second-order valence-corrected chi connectivity index (χ2v) is 11.0. The molecule has 3 nitrogen and oxygen atoms in total. The van der Waals surface area contributed by atoms with Crippen LogP contribution in [0.4, 0.5) is 0 Å². The Balaban J connectivity index is 1.77. The maximum atomic E-state index is 12.4.